The lowest BCUT2D eigenvalue weighted by Crippen LogP contribution is -2.14. The Morgan fingerprint density at radius 1 is 1.32 bits per heavy atom. The molecule has 3 N–H and O–H groups in total. The van der Waals surface area contributed by atoms with Crippen LogP contribution in [0.5, 0.6) is 11.5 Å². The third kappa shape index (κ3) is 3.17. The average Bonchev–Trinajstić information content (AvgIpc) is 2.48. The third-order valence-electron chi connectivity index (χ3n) is 2.46. The highest BCUT2D eigenvalue weighted by atomic mass is 32.2. The molecule has 2 rings (SSSR count). The molecule has 0 atom stereocenters. The largest absolute Gasteiger partial charge is 0.455 e. The number of ether oxygens (including phenoxy) is 1. The summed E-state index contributed by atoms with van der Waals surface area (Å²) < 4.78 is 5.69. The van der Waals surface area contributed by atoms with E-state index >= 15 is 0 Å². The van der Waals surface area contributed by atoms with Gasteiger partial charge in [0, 0.05) is 11.1 Å². The molecule has 19 heavy (non-hydrogen) atoms. The molecule has 98 valence electrons. The summed E-state index contributed by atoms with van der Waals surface area (Å²) >= 11 is 1.66. The SMILES string of the molecule is CSc1ccc(Oc2cnccc2/C(N)=N/O)cc1. The van der Waals surface area contributed by atoms with E-state index in [1.807, 2.05) is 30.5 Å². The number of benzene rings is 1. The van der Waals surface area contributed by atoms with Crippen LogP contribution in [0.25, 0.3) is 0 Å². The van der Waals surface area contributed by atoms with Crippen LogP contribution in [0.15, 0.2) is 52.8 Å². The Hall–Kier alpha value is -2.21. The van der Waals surface area contributed by atoms with Gasteiger partial charge in [-0.1, -0.05) is 5.16 Å². The maximum absolute atomic E-state index is 8.73. The molecule has 0 spiro atoms. The first-order chi connectivity index (χ1) is 9.24. The summed E-state index contributed by atoms with van der Waals surface area (Å²) in [5.41, 5.74) is 6.08. The monoisotopic (exact) mass is 275 g/mol. The maximum Gasteiger partial charge on any atom is 0.173 e. The van der Waals surface area contributed by atoms with Crippen LogP contribution in [-0.2, 0) is 0 Å². The predicted molar refractivity (Wildman–Crippen MR) is 75.0 cm³/mol. The van der Waals surface area contributed by atoms with Gasteiger partial charge in [0.25, 0.3) is 0 Å². The second kappa shape index (κ2) is 6.10. The van der Waals surface area contributed by atoms with Crippen molar-refractivity contribution >= 4 is 17.6 Å². The van der Waals surface area contributed by atoms with E-state index in [-0.39, 0.29) is 5.84 Å². The Kier molecular flexibility index (Phi) is 4.25. The molecular formula is C13H13N3O2S. The number of oxime groups is 1. The maximum atomic E-state index is 8.73. The molecule has 0 amide bonds. The highest BCUT2D eigenvalue weighted by Crippen LogP contribution is 2.26. The summed E-state index contributed by atoms with van der Waals surface area (Å²) in [7, 11) is 0. The lowest BCUT2D eigenvalue weighted by Gasteiger charge is -2.09. The first-order valence-electron chi connectivity index (χ1n) is 5.48. The van der Waals surface area contributed by atoms with Gasteiger partial charge in [-0.3, -0.25) is 4.98 Å². The van der Waals surface area contributed by atoms with Gasteiger partial charge in [-0.05, 0) is 36.6 Å². The Labute approximate surface area is 115 Å². The van der Waals surface area contributed by atoms with Gasteiger partial charge in [0.2, 0.25) is 0 Å². The molecule has 1 heterocycles. The summed E-state index contributed by atoms with van der Waals surface area (Å²) in [6.45, 7) is 0. The molecule has 1 aromatic carbocycles. The van der Waals surface area contributed by atoms with Crippen molar-refractivity contribution in [2.75, 3.05) is 6.26 Å². The highest BCUT2D eigenvalue weighted by Gasteiger charge is 2.09. The minimum atomic E-state index is -0.0156. The summed E-state index contributed by atoms with van der Waals surface area (Å²) in [6.07, 6.45) is 5.08. The van der Waals surface area contributed by atoms with Crippen LogP contribution < -0.4 is 10.5 Å². The fraction of sp³-hybridized carbons (Fsp3) is 0.0769. The number of amidine groups is 1. The van der Waals surface area contributed by atoms with Gasteiger partial charge >= 0.3 is 0 Å². The minimum absolute atomic E-state index is 0.0156. The lowest BCUT2D eigenvalue weighted by molar-refractivity contribution is 0.318. The van der Waals surface area contributed by atoms with E-state index in [1.54, 1.807) is 24.0 Å². The van der Waals surface area contributed by atoms with E-state index in [4.69, 9.17) is 15.7 Å². The molecule has 0 aliphatic rings. The van der Waals surface area contributed by atoms with Crippen molar-refractivity contribution in [2.45, 2.75) is 4.90 Å². The van der Waals surface area contributed by atoms with Gasteiger partial charge in [0.1, 0.15) is 5.75 Å². The van der Waals surface area contributed by atoms with Crippen molar-refractivity contribution in [2.24, 2.45) is 10.9 Å². The van der Waals surface area contributed by atoms with E-state index in [9.17, 15) is 0 Å². The first kappa shape index (κ1) is 13.2. The smallest absolute Gasteiger partial charge is 0.173 e. The molecule has 0 saturated heterocycles. The number of nitrogens with zero attached hydrogens (tertiary/aromatic N) is 2. The summed E-state index contributed by atoms with van der Waals surface area (Å²) in [4.78, 5) is 5.12. The Balaban J connectivity index is 2.27. The molecule has 0 radical (unpaired) electrons. The molecule has 0 bridgehead atoms. The number of aromatic nitrogens is 1. The quantitative estimate of drug-likeness (QED) is 0.295. The van der Waals surface area contributed by atoms with Crippen LogP contribution in [-0.4, -0.2) is 22.3 Å². The van der Waals surface area contributed by atoms with Crippen LogP contribution >= 0.6 is 11.8 Å². The van der Waals surface area contributed by atoms with Crippen molar-refractivity contribution in [1.82, 2.24) is 4.98 Å². The van der Waals surface area contributed by atoms with Crippen LogP contribution in [0.2, 0.25) is 0 Å². The topological polar surface area (TPSA) is 80.7 Å². The van der Waals surface area contributed by atoms with Gasteiger partial charge in [-0.2, -0.15) is 0 Å². The van der Waals surface area contributed by atoms with Crippen LogP contribution in [0, 0.1) is 0 Å². The number of rotatable bonds is 4. The summed E-state index contributed by atoms with van der Waals surface area (Å²) in [5.74, 6) is 1.09. The zero-order chi connectivity index (χ0) is 13.7. The minimum Gasteiger partial charge on any atom is -0.455 e. The second-order valence-corrected chi connectivity index (χ2v) is 4.51. The van der Waals surface area contributed by atoms with Gasteiger partial charge in [-0.15, -0.1) is 11.8 Å². The Morgan fingerprint density at radius 2 is 2.05 bits per heavy atom. The number of pyridine rings is 1. The van der Waals surface area contributed by atoms with Crippen molar-refractivity contribution in [3.05, 3.63) is 48.3 Å². The van der Waals surface area contributed by atoms with Crippen molar-refractivity contribution in [1.29, 1.82) is 0 Å². The van der Waals surface area contributed by atoms with Gasteiger partial charge < -0.3 is 15.7 Å². The van der Waals surface area contributed by atoms with Crippen LogP contribution in [0.1, 0.15) is 5.56 Å². The molecule has 0 aliphatic carbocycles. The molecule has 0 aliphatic heterocycles. The van der Waals surface area contributed by atoms with Crippen LogP contribution in [0.3, 0.4) is 0 Å². The van der Waals surface area contributed by atoms with Gasteiger partial charge in [0.15, 0.2) is 11.6 Å². The molecule has 0 unspecified atom stereocenters. The number of thioether (sulfide) groups is 1. The van der Waals surface area contributed by atoms with Crippen molar-refractivity contribution < 1.29 is 9.94 Å². The molecule has 6 heteroatoms. The summed E-state index contributed by atoms with van der Waals surface area (Å²) in [5, 5.41) is 11.7. The zero-order valence-corrected chi connectivity index (χ0v) is 11.1. The number of hydrogen-bond donors (Lipinski definition) is 2. The third-order valence-corrected chi connectivity index (χ3v) is 3.20. The normalized spacial score (nSPS) is 11.3. The molecule has 5 nitrogen and oxygen atoms in total. The Bertz CT molecular complexity index is 585. The van der Waals surface area contributed by atoms with E-state index in [2.05, 4.69) is 10.1 Å². The van der Waals surface area contributed by atoms with Crippen molar-refractivity contribution in [3.63, 3.8) is 0 Å². The standard InChI is InChI=1S/C13H13N3O2S/c1-19-10-4-2-9(3-5-10)18-12-8-15-7-6-11(12)13(14)16-17/h2-8,17H,1H3,(H2,14,16). The van der Waals surface area contributed by atoms with E-state index in [0.29, 0.717) is 17.1 Å². The number of nitrogens with two attached hydrogens (primary N) is 1. The average molecular weight is 275 g/mol. The predicted octanol–water partition coefficient (Wildman–Crippen LogP) is 2.69. The summed E-state index contributed by atoms with van der Waals surface area (Å²) in [6, 6.07) is 9.25. The Morgan fingerprint density at radius 3 is 2.68 bits per heavy atom. The van der Waals surface area contributed by atoms with E-state index in [0.717, 1.165) is 4.90 Å². The molecular weight excluding hydrogens is 262 g/mol. The molecule has 0 saturated carbocycles. The fourth-order valence-electron chi connectivity index (χ4n) is 1.50. The second-order valence-electron chi connectivity index (χ2n) is 3.63. The highest BCUT2D eigenvalue weighted by molar-refractivity contribution is 7.98. The van der Waals surface area contributed by atoms with E-state index in [1.165, 1.54) is 6.20 Å². The van der Waals surface area contributed by atoms with Crippen LogP contribution in [0.4, 0.5) is 0 Å². The number of hydrogen-bond acceptors (Lipinski definition) is 5. The lowest BCUT2D eigenvalue weighted by atomic mass is 10.2. The molecule has 1 aromatic heterocycles. The first-order valence-corrected chi connectivity index (χ1v) is 6.71. The fourth-order valence-corrected chi connectivity index (χ4v) is 1.91. The molecule has 0 fully saturated rings. The van der Waals surface area contributed by atoms with Gasteiger partial charge in [0.05, 0.1) is 11.8 Å². The van der Waals surface area contributed by atoms with E-state index < -0.39 is 0 Å². The zero-order valence-electron chi connectivity index (χ0n) is 10.3. The van der Waals surface area contributed by atoms with Crippen molar-refractivity contribution in [3.8, 4) is 11.5 Å². The van der Waals surface area contributed by atoms with Gasteiger partial charge in [-0.25, -0.2) is 0 Å². The molecule has 2 aromatic rings.